The van der Waals surface area contributed by atoms with Gasteiger partial charge in [-0.25, -0.2) is 0 Å². The maximum Gasteiger partial charge on any atom is 0.0991 e. The first-order chi connectivity index (χ1) is 8.72. The van der Waals surface area contributed by atoms with E-state index in [1.807, 2.05) is 12.1 Å². The molecule has 2 rings (SSSR count). The third-order valence-electron chi connectivity index (χ3n) is 3.80. The van der Waals surface area contributed by atoms with E-state index in [-0.39, 0.29) is 0 Å². The number of aryl methyl sites for hydroxylation is 1. The number of nitrogens with two attached hydrogens (primary N) is 1. The maximum absolute atomic E-state index is 8.87. The molecule has 1 saturated heterocycles. The second-order valence-corrected chi connectivity index (χ2v) is 5.23. The van der Waals surface area contributed by atoms with Crippen molar-refractivity contribution in [3.8, 4) is 6.07 Å². The second kappa shape index (κ2) is 5.99. The highest BCUT2D eigenvalue weighted by Gasteiger charge is 2.19. The first-order valence-electron chi connectivity index (χ1n) is 6.65. The average molecular weight is 243 g/mol. The Morgan fingerprint density at radius 1 is 1.50 bits per heavy atom. The molecule has 1 fully saturated rings. The molecule has 0 radical (unpaired) electrons. The van der Waals surface area contributed by atoms with Crippen molar-refractivity contribution in [2.75, 3.05) is 19.6 Å². The van der Waals surface area contributed by atoms with E-state index in [2.05, 4.69) is 24.0 Å². The molecule has 1 heterocycles. The quantitative estimate of drug-likeness (QED) is 0.884. The van der Waals surface area contributed by atoms with Gasteiger partial charge in [0.25, 0.3) is 0 Å². The summed E-state index contributed by atoms with van der Waals surface area (Å²) in [6, 6.07) is 8.15. The number of hydrogen-bond donors (Lipinski definition) is 1. The zero-order valence-corrected chi connectivity index (χ0v) is 11.0. The summed E-state index contributed by atoms with van der Waals surface area (Å²) in [5.74, 6) is 0.650. The molecule has 0 bridgehead atoms. The lowest BCUT2D eigenvalue weighted by Crippen LogP contribution is -2.37. The molecule has 1 unspecified atom stereocenters. The van der Waals surface area contributed by atoms with Crippen LogP contribution < -0.4 is 5.73 Å². The number of nitrogens with zero attached hydrogens (tertiary/aromatic N) is 2. The highest BCUT2D eigenvalue weighted by Crippen LogP contribution is 2.19. The normalized spacial score (nSPS) is 20.6. The summed E-state index contributed by atoms with van der Waals surface area (Å²) in [5.41, 5.74) is 9.05. The molecule has 96 valence electrons. The number of hydrogen-bond acceptors (Lipinski definition) is 3. The Balaban J connectivity index is 2.03. The minimum atomic E-state index is 0.650. The lowest BCUT2D eigenvalue weighted by molar-refractivity contribution is 0.171. The molecule has 3 nitrogen and oxygen atoms in total. The van der Waals surface area contributed by atoms with Crippen molar-refractivity contribution in [2.24, 2.45) is 11.7 Å². The Hall–Kier alpha value is -1.37. The molecule has 1 aliphatic rings. The monoisotopic (exact) mass is 243 g/mol. The molecule has 0 spiro atoms. The predicted octanol–water partition coefficient (Wildman–Crippen LogP) is 2.04. The summed E-state index contributed by atoms with van der Waals surface area (Å²) in [6.45, 7) is 6.13. The molecule has 0 saturated carbocycles. The van der Waals surface area contributed by atoms with E-state index in [9.17, 15) is 0 Å². The number of rotatable bonds is 3. The highest BCUT2D eigenvalue weighted by molar-refractivity contribution is 5.37. The van der Waals surface area contributed by atoms with Crippen LogP contribution in [0, 0.1) is 24.2 Å². The zero-order valence-electron chi connectivity index (χ0n) is 11.0. The third kappa shape index (κ3) is 3.10. The first kappa shape index (κ1) is 13.1. The zero-order chi connectivity index (χ0) is 13.0. The van der Waals surface area contributed by atoms with Crippen molar-refractivity contribution in [1.29, 1.82) is 5.26 Å². The molecule has 1 aliphatic heterocycles. The third-order valence-corrected chi connectivity index (χ3v) is 3.80. The largest absolute Gasteiger partial charge is 0.330 e. The molecule has 0 amide bonds. The summed E-state index contributed by atoms with van der Waals surface area (Å²) < 4.78 is 0. The van der Waals surface area contributed by atoms with Gasteiger partial charge in [0.15, 0.2) is 0 Å². The van der Waals surface area contributed by atoms with E-state index >= 15 is 0 Å². The topological polar surface area (TPSA) is 53.0 Å². The Kier molecular flexibility index (Phi) is 4.35. The second-order valence-electron chi connectivity index (χ2n) is 5.23. The minimum Gasteiger partial charge on any atom is -0.330 e. The van der Waals surface area contributed by atoms with Crippen molar-refractivity contribution in [2.45, 2.75) is 26.3 Å². The van der Waals surface area contributed by atoms with Crippen LogP contribution in [0.2, 0.25) is 0 Å². The molecule has 1 aromatic carbocycles. The van der Waals surface area contributed by atoms with Crippen LogP contribution in [0.3, 0.4) is 0 Å². The van der Waals surface area contributed by atoms with E-state index in [1.165, 1.54) is 24.0 Å². The molecular weight excluding hydrogens is 222 g/mol. The maximum atomic E-state index is 8.87. The van der Waals surface area contributed by atoms with Gasteiger partial charge in [-0.05, 0) is 62.0 Å². The molecule has 0 aliphatic carbocycles. The number of benzene rings is 1. The van der Waals surface area contributed by atoms with Crippen LogP contribution in [0.15, 0.2) is 18.2 Å². The number of likely N-dealkylation sites (tertiary alicyclic amines) is 1. The van der Waals surface area contributed by atoms with E-state index < -0.39 is 0 Å². The molecule has 2 N–H and O–H groups in total. The lowest BCUT2D eigenvalue weighted by atomic mass is 9.97. The SMILES string of the molecule is Cc1cc(C#N)ccc1CN1CCCC(CN)C1. The van der Waals surface area contributed by atoms with Gasteiger partial charge in [-0.15, -0.1) is 0 Å². The fraction of sp³-hybridized carbons (Fsp3) is 0.533. The summed E-state index contributed by atoms with van der Waals surface area (Å²) in [4.78, 5) is 2.48. The summed E-state index contributed by atoms with van der Waals surface area (Å²) in [5, 5.41) is 8.87. The summed E-state index contributed by atoms with van der Waals surface area (Å²) >= 11 is 0. The first-order valence-corrected chi connectivity index (χ1v) is 6.65. The van der Waals surface area contributed by atoms with Gasteiger partial charge in [-0.2, -0.15) is 5.26 Å². The van der Waals surface area contributed by atoms with Gasteiger partial charge in [0.2, 0.25) is 0 Å². The molecule has 1 atom stereocenters. The van der Waals surface area contributed by atoms with Gasteiger partial charge in [0.05, 0.1) is 11.6 Å². The van der Waals surface area contributed by atoms with E-state index in [1.54, 1.807) is 0 Å². The van der Waals surface area contributed by atoms with Crippen LogP contribution in [0.1, 0.15) is 29.5 Å². The Bertz CT molecular complexity index is 448. The fourth-order valence-electron chi connectivity index (χ4n) is 2.67. The molecule has 0 aromatic heterocycles. The van der Waals surface area contributed by atoms with Gasteiger partial charge >= 0.3 is 0 Å². The van der Waals surface area contributed by atoms with Gasteiger partial charge in [0.1, 0.15) is 0 Å². The standard InChI is InChI=1S/C15H21N3/c1-12-7-13(8-16)4-5-15(12)11-18-6-2-3-14(9-17)10-18/h4-5,7,14H,2-3,6,9-11,17H2,1H3. The van der Waals surface area contributed by atoms with Crippen molar-refractivity contribution in [3.63, 3.8) is 0 Å². The number of piperidine rings is 1. The van der Waals surface area contributed by atoms with Gasteiger partial charge in [-0.3, -0.25) is 4.90 Å². The Labute approximate surface area is 109 Å². The van der Waals surface area contributed by atoms with Crippen LogP contribution in [0.25, 0.3) is 0 Å². The van der Waals surface area contributed by atoms with Crippen molar-refractivity contribution in [3.05, 3.63) is 34.9 Å². The molecule has 18 heavy (non-hydrogen) atoms. The average Bonchev–Trinajstić information content (AvgIpc) is 2.41. The van der Waals surface area contributed by atoms with Crippen molar-refractivity contribution < 1.29 is 0 Å². The molecule has 1 aromatic rings. The minimum absolute atomic E-state index is 0.650. The van der Waals surface area contributed by atoms with Gasteiger partial charge < -0.3 is 5.73 Å². The molecule has 3 heteroatoms. The van der Waals surface area contributed by atoms with Crippen molar-refractivity contribution >= 4 is 0 Å². The van der Waals surface area contributed by atoms with Gasteiger partial charge in [-0.1, -0.05) is 6.07 Å². The highest BCUT2D eigenvalue weighted by atomic mass is 15.1. The summed E-state index contributed by atoms with van der Waals surface area (Å²) in [7, 11) is 0. The summed E-state index contributed by atoms with van der Waals surface area (Å²) in [6.07, 6.45) is 2.51. The van der Waals surface area contributed by atoms with Crippen molar-refractivity contribution in [1.82, 2.24) is 4.90 Å². The smallest absolute Gasteiger partial charge is 0.0991 e. The van der Waals surface area contributed by atoms with Crippen LogP contribution >= 0.6 is 0 Å². The van der Waals surface area contributed by atoms with Crippen LogP contribution in [0.4, 0.5) is 0 Å². The lowest BCUT2D eigenvalue weighted by Gasteiger charge is -2.32. The van der Waals surface area contributed by atoms with E-state index in [0.717, 1.165) is 31.7 Å². The van der Waals surface area contributed by atoms with Gasteiger partial charge in [0, 0.05) is 13.1 Å². The number of nitriles is 1. The van der Waals surface area contributed by atoms with E-state index in [0.29, 0.717) is 5.92 Å². The van der Waals surface area contributed by atoms with E-state index in [4.69, 9.17) is 11.0 Å². The Morgan fingerprint density at radius 3 is 3.00 bits per heavy atom. The van der Waals surface area contributed by atoms with Crippen LogP contribution in [-0.4, -0.2) is 24.5 Å². The van der Waals surface area contributed by atoms with Crippen LogP contribution in [-0.2, 0) is 6.54 Å². The fourth-order valence-corrected chi connectivity index (χ4v) is 2.67. The Morgan fingerprint density at radius 2 is 2.33 bits per heavy atom. The molecular formula is C15H21N3. The van der Waals surface area contributed by atoms with Crippen LogP contribution in [0.5, 0.6) is 0 Å². The predicted molar refractivity (Wildman–Crippen MR) is 72.9 cm³/mol.